The SMILES string of the molecule is Cc1cncc(-c2cc3c(cn2)cnn3-c2cccc(Br)n2)n1. The van der Waals surface area contributed by atoms with Crippen LogP contribution >= 0.6 is 15.9 Å². The fourth-order valence-electron chi connectivity index (χ4n) is 2.35. The topological polar surface area (TPSA) is 69.4 Å². The number of aromatic nitrogens is 6. The van der Waals surface area contributed by atoms with Crippen molar-refractivity contribution in [3.05, 3.63) is 59.3 Å². The third-order valence-electron chi connectivity index (χ3n) is 3.39. The lowest BCUT2D eigenvalue weighted by atomic mass is 10.2. The minimum atomic E-state index is 0.738. The van der Waals surface area contributed by atoms with Gasteiger partial charge in [-0.3, -0.25) is 9.97 Å². The zero-order chi connectivity index (χ0) is 15.8. The minimum absolute atomic E-state index is 0.738. The molecule has 0 fully saturated rings. The number of fused-ring (bicyclic) bond motifs is 1. The summed E-state index contributed by atoms with van der Waals surface area (Å²) in [6, 6.07) is 7.66. The Bertz CT molecular complexity index is 1010. The molecule has 0 saturated carbocycles. The Kier molecular flexibility index (Phi) is 3.34. The van der Waals surface area contributed by atoms with Crippen LogP contribution in [0.5, 0.6) is 0 Å². The summed E-state index contributed by atoms with van der Waals surface area (Å²) in [5, 5.41) is 5.36. The normalized spacial score (nSPS) is 11.0. The molecular weight excluding hydrogens is 356 g/mol. The van der Waals surface area contributed by atoms with E-state index in [0.29, 0.717) is 0 Å². The Morgan fingerprint density at radius 3 is 2.74 bits per heavy atom. The highest BCUT2D eigenvalue weighted by molar-refractivity contribution is 9.10. The molecule has 7 heteroatoms. The van der Waals surface area contributed by atoms with Gasteiger partial charge in [0.1, 0.15) is 10.3 Å². The quantitative estimate of drug-likeness (QED) is 0.508. The Labute approximate surface area is 140 Å². The van der Waals surface area contributed by atoms with Crippen LogP contribution in [0.1, 0.15) is 5.69 Å². The number of nitrogens with zero attached hydrogens (tertiary/aromatic N) is 6. The van der Waals surface area contributed by atoms with Crippen molar-refractivity contribution in [1.29, 1.82) is 0 Å². The van der Waals surface area contributed by atoms with Gasteiger partial charge in [-0.15, -0.1) is 0 Å². The van der Waals surface area contributed by atoms with E-state index in [9.17, 15) is 0 Å². The van der Waals surface area contributed by atoms with Gasteiger partial charge in [0.25, 0.3) is 0 Å². The molecule has 0 radical (unpaired) electrons. The van der Waals surface area contributed by atoms with Gasteiger partial charge in [0.05, 0.1) is 29.3 Å². The number of hydrogen-bond acceptors (Lipinski definition) is 5. The van der Waals surface area contributed by atoms with Crippen molar-refractivity contribution in [2.75, 3.05) is 0 Å². The molecule has 0 N–H and O–H groups in total. The summed E-state index contributed by atoms with van der Waals surface area (Å²) in [6.07, 6.45) is 6.99. The minimum Gasteiger partial charge on any atom is -0.261 e. The molecule has 0 atom stereocenters. The van der Waals surface area contributed by atoms with Gasteiger partial charge in [-0.25, -0.2) is 14.6 Å². The highest BCUT2D eigenvalue weighted by Crippen LogP contribution is 2.22. The molecule has 112 valence electrons. The smallest absolute Gasteiger partial charge is 0.155 e. The van der Waals surface area contributed by atoms with Crippen LogP contribution < -0.4 is 0 Å². The Morgan fingerprint density at radius 1 is 1.00 bits per heavy atom. The van der Waals surface area contributed by atoms with Crippen LogP contribution in [0.4, 0.5) is 0 Å². The second-order valence-corrected chi connectivity index (χ2v) is 5.86. The predicted octanol–water partition coefficient (Wildman–Crippen LogP) is 3.34. The zero-order valence-electron chi connectivity index (χ0n) is 12.2. The fourth-order valence-corrected chi connectivity index (χ4v) is 2.68. The maximum atomic E-state index is 4.47. The molecule has 0 amide bonds. The van der Waals surface area contributed by atoms with E-state index >= 15 is 0 Å². The largest absolute Gasteiger partial charge is 0.261 e. The molecule has 0 unspecified atom stereocenters. The van der Waals surface area contributed by atoms with Crippen LogP contribution in [0.2, 0.25) is 0 Å². The van der Waals surface area contributed by atoms with E-state index in [4.69, 9.17) is 0 Å². The van der Waals surface area contributed by atoms with Crippen molar-refractivity contribution in [2.24, 2.45) is 0 Å². The second kappa shape index (κ2) is 5.51. The summed E-state index contributed by atoms with van der Waals surface area (Å²) in [5.41, 5.74) is 3.27. The van der Waals surface area contributed by atoms with Gasteiger partial charge in [-0.05, 0) is 41.1 Å². The van der Waals surface area contributed by atoms with Crippen LogP contribution in [0.15, 0.2) is 53.7 Å². The van der Waals surface area contributed by atoms with Gasteiger partial charge >= 0.3 is 0 Å². The molecule has 0 aliphatic carbocycles. The first kappa shape index (κ1) is 14.0. The van der Waals surface area contributed by atoms with Crippen molar-refractivity contribution in [2.45, 2.75) is 6.92 Å². The van der Waals surface area contributed by atoms with Gasteiger partial charge in [0, 0.05) is 17.8 Å². The van der Waals surface area contributed by atoms with Crippen molar-refractivity contribution >= 4 is 26.8 Å². The molecule has 0 spiro atoms. The Morgan fingerprint density at radius 2 is 1.91 bits per heavy atom. The third-order valence-corrected chi connectivity index (χ3v) is 3.83. The highest BCUT2D eigenvalue weighted by atomic mass is 79.9. The molecule has 4 aromatic rings. The lowest BCUT2D eigenvalue weighted by Crippen LogP contribution is -1.99. The first-order valence-corrected chi connectivity index (χ1v) is 7.76. The zero-order valence-corrected chi connectivity index (χ0v) is 13.8. The van der Waals surface area contributed by atoms with Crippen LogP contribution in [0.3, 0.4) is 0 Å². The first-order chi connectivity index (χ1) is 11.2. The number of halogens is 1. The molecule has 0 aliphatic heterocycles. The van der Waals surface area contributed by atoms with Crippen molar-refractivity contribution in [3.63, 3.8) is 0 Å². The predicted molar refractivity (Wildman–Crippen MR) is 90.1 cm³/mol. The average molecular weight is 367 g/mol. The standard InChI is InChI=1S/C16H11BrN6/c1-10-6-18-9-13(21-10)12-5-14-11(7-19-12)8-20-23(14)16-4-2-3-15(17)22-16/h2-9H,1H3. The number of aryl methyl sites for hydroxylation is 1. The van der Waals surface area contributed by atoms with E-state index in [2.05, 4.69) is 41.0 Å². The lowest BCUT2D eigenvalue weighted by Gasteiger charge is -2.05. The molecule has 0 aliphatic rings. The highest BCUT2D eigenvalue weighted by Gasteiger charge is 2.10. The summed E-state index contributed by atoms with van der Waals surface area (Å²) in [4.78, 5) is 17.6. The van der Waals surface area contributed by atoms with Crippen molar-refractivity contribution in [3.8, 4) is 17.2 Å². The molecule has 0 saturated heterocycles. The maximum Gasteiger partial charge on any atom is 0.155 e. The van der Waals surface area contributed by atoms with Gasteiger partial charge in [0.15, 0.2) is 5.82 Å². The summed E-state index contributed by atoms with van der Waals surface area (Å²) in [7, 11) is 0. The summed E-state index contributed by atoms with van der Waals surface area (Å²) in [6.45, 7) is 1.91. The van der Waals surface area contributed by atoms with Crippen molar-refractivity contribution < 1.29 is 0 Å². The maximum absolute atomic E-state index is 4.47. The van der Waals surface area contributed by atoms with Crippen LogP contribution in [-0.2, 0) is 0 Å². The first-order valence-electron chi connectivity index (χ1n) is 6.96. The molecular formula is C16H11BrN6. The monoisotopic (exact) mass is 366 g/mol. The molecule has 4 rings (SSSR count). The van der Waals surface area contributed by atoms with Gasteiger partial charge in [-0.1, -0.05) is 6.07 Å². The fraction of sp³-hybridized carbons (Fsp3) is 0.0625. The molecule has 6 nitrogen and oxygen atoms in total. The number of rotatable bonds is 2. The van der Waals surface area contributed by atoms with Gasteiger partial charge in [-0.2, -0.15) is 5.10 Å². The van der Waals surface area contributed by atoms with E-state index in [1.165, 1.54) is 0 Å². The average Bonchev–Trinajstić information content (AvgIpc) is 2.98. The molecule has 23 heavy (non-hydrogen) atoms. The molecule has 4 heterocycles. The number of hydrogen-bond donors (Lipinski definition) is 0. The van der Waals surface area contributed by atoms with Crippen molar-refractivity contribution in [1.82, 2.24) is 29.7 Å². The number of pyridine rings is 2. The second-order valence-electron chi connectivity index (χ2n) is 5.05. The van der Waals surface area contributed by atoms with E-state index in [0.717, 1.165) is 38.4 Å². The third kappa shape index (κ3) is 2.59. The Hall–Kier alpha value is -2.67. The summed E-state index contributed by atoms with van der Waals surface area (Å²) >= 11 is 3.39. The van der Waals surface area contributed by atoms with E-state index in [-0.39, 0.29) is 0 Å². The van der Waals surface area contributed by atoms with Crippen LogP contribution in [-0.4, -0.2) is 29.7 Å². The van der Waals surface area contributed by atoms with Crippen LogP contribution in [0.25, 0.3) is 28.1 Å². The molecule has 0 bridgehead atoms. The van der Waals surface area contributed by atoms with Gasteiger partial charge in [0.2, 0.25) is 0 Å². The molecule has 4 aromatic heterocycles. The lowest BCUT2D eigenvalue weighted by molar-refractivity contribution is 0.870. The molecule has 0 aromatic carbocycles. The summed E-state index contributed by atoms with van der Waals surface area (Å²) < 4.78 is 2.55. The van der Waals surface area contributed by atoms with Crippen LogP contribution in [0, 0.1) is 6.92 Å². The van der Waals surface area contributed by atoms with E-state index < -0.39 is 0 Å². The van der Waals surface area contributed by atoms with E-state index in [1.54, 1.807) is 29.5 Å². The summed E-state index contributed by atoms with van der Waals surface area (Å²) in [5.74, 6) is 0.738. The Balaban J connectivity index is 1.90. The van der Waals surface area contributed by atoms with Gasteiger partial charge < -0.3 is 0 Å². The van der Waals surface area contributed by atoms with E-state index in [1.807, 2.05) is 31.2 Å².